The Kier molecular flexibility index (Phi) is 8.70. The number of aliphatic carboxylic acids is 1. The van der Waals surface area contributed by atoms with Crippen molar-refractivity contribution in [3.63, 3.8) is 0 Å². The highest BCUT2D eigenvalue weighted by atomic mass is 16.6. The Morgan fingerprint density at radius 2 is 1.89 bits per heavy atom. The summed E-state index contributed by atoms with van der Waals surface area (Å²) >= 11 is 0. The van der Waals surface area contributed by atoms with Crippen LogP contribution in [0.4, 0.5) is 0 Å². The lowest BCUT2D eigenvalue weighted by Crippen LogP contribution is -2.46. The maximum absolute atomic E-state index is 12.4. The molecule has 10 heteroatoms. The molecule has 0 aromatic heterocycles. The van der Waals surface area contributed by atoms with E-state index >= 15 is 0 Å². The summed E-state index contributed by atoms with van der Waals surface area (Å²) < 4.78 is 9.74. The van der Waals surface area contributed by atoms with Crippen LogP contribution in [0.5, 0.6) is 0 Å². The van der Waals surface area contributed by atoms with Crippen LogP contribution < -0.4 is 5.32 Å². The second kappa shape index (κ2) is 10.5. The van der Waals surface area contributed by atoms with Crippen molar-refractivity contribution in [2.24, 2.45) is 5.92 Å². The number of rotatable bonds is 9. The normalized spacial score (nSPS) is 17.3. The van der Waals surface area contributed by atoms with E-state index in [1.807, 2.05) is 13.8 Å². The molecule has 27 heavy (non-hydrogen) atoms. The van der Waals surface area contributed by atoms with Crippen molar-refractivity contribution in [1.29, 1.82) is 0 Å². The number of ether oxygens (including phenoxy) is 2. The topological polar surface area (TPSA) is 139 Å². The fraction of sp³-hybridized carbons (Fsp3) is 0.706. The van der Waals surface area contributed by atoms with Crippen molar-refractivity contribution >= 4 is 29.7 Å². The molecule has 2 N–H and O–H groups in total. The first-order valence-electron chi connectivity index (χ1n) is 8.74. The van der Waals surface area contributed by atoms with E-state index in [1.54, 1.807) is 0 Å². The second-order valence-electron chi connectivity index (χ2n) is 6.70. The van der Waals surface area contributed by atoms with Crippen LogP contribution in [-0.4, -0.2) is 71.6 Å². The maximum Gasteiger partial charge on any atom is 0.341 e. The minimum Gasteiger partial charge on any atom is -0.479 e. The molecule has 0 spiro atoms. The quantitative estimate of drug-likeness (QED) is 0.515. The Labute approximate surface area is 157 Å². The number of likely N-dealkylation sites (tertiary alicyclic amines) is 1. The molecule has 152 valence electrons. The lowest BCUT2D eigenvalue weighted by molar-refractivity contribution is -0.163. The first-order chi connectivity index (χ1) is 12.6. The first-order valence-corrected chi connectivity index (χ1v) is 8.74. The number of carbonyl (C=O) groups is 5. The van der Waals surface area contributed by atoms with Gasteiger partial charge < -0.3 is 24.8 Å². The van der Waals surface area contributed by atoms with Crippen molar-refractivity contribution in [1.82, 2.24) is 10.2 Å². The Balaban J connectivity index is 2.64. The van der Waals surface area contributed by atoms with Gasteiger partial charge in [-0.1, -0.05) is 13.8 Å². The predicted octanol–water partition coefficient (Wildman–Crippen LogP) is -0.301. The van der Waals surface area contributed by atoms with Gasteiger partial charge in [0.2, 0.25) is 5.91 Å². The lowest BCUT2D eigenvalue weighted by Gasteiger charge is -2.25. The van der Waals surface area contributed by atoms with Crippen LogP contribution in [0, 0.1) is 5.92 Å². The summed E-state index contributed by atoms with van der Waals surface area (Å²) in [4.78, 5) is 59.5. The maximum atomic E-state index is 12.4. The molecule has 0 radical (unpaired) electrons. The number of nitrogens with one attached hydrogen (secondary N) is 1. The number of esters is 2. The van der Waals surface area contributed by atoms with E-state index in [4.69, 9.17) is 9.84 Å². The highest BCUT2D eigenvalue weighted by Gasteiger charge is 2.36. The predicted molar refractivity (Wildman–Crippen MR) is 91.3 cm³/mol. The Bertz CT molecular complexity index is 589. The Morgan fingerprint density at radius 3 is 2.44 bits per heavy atom. The number of carboxylic acid groups (broad SMARTS) is 1. The third-order valence-electron chi connectivity index (χ3n) is 3.93. The summed E-state index contributed by atoms with van der Waals surface area (Å²) in [5, 5.41) is 10.7. The molecule has 0 unspecified atom stereocenters. The van der Waals surface area contributed by atoms with Crippen LogP contribution >= 0.6 is 0 Å². The van der Waals surface area contributed by atoms with Gasteiger partial charge in [-0.2, -0.15) is 0 Å². The third kappa shape index (κ3) is 7.63. The molecule has 1 aliphatic heterocycles. The minimum atomic E-state index is -1.31. The summed E-state index contributed by atoms with van der Waals surface area (Å²) in [7, 11) is 0. The number of carboxylic acids is 1. The van der Waals surface area contributed by atoms with Crippen LogP contribution in [0.1, 0.15) is 40.0 Å². The average Bonchev–Trinajstić information content (AvgIpc) is 3.06. The molecular formula is C17H26N2O8. The molecule has 1 rings (SSSR count). The number of carbonyl (C=O) groups excluding carboxylic acids is 4. The van der Waals surface area contributed by atoms with E-state index < -0.39 is 49.1 Å². The van der Waals surface area contributed by atoms with Crippen molar-refractivity contribution < 1.29 is 38.6 Å². The van der Waals surface area contributed by atoms with Gasteiger partial charge in [0.25, 0.3) is 5.91 Å². The van der Waals surface area contributed by atoms with Gasteiger partial charge in [-0.05, 0) is 25.2 Å². The van der Waals surface area contributed by atoms with E-state index in [-0.39, 0.29) is 18.2 Å². The van der Waals surface area contributed by atoms with Gasteiger partial charge in [0.15, 0.2) is 12.7 Å². The van der Waals surface area contributed by atoms with Crippen LogP contribution in [-0.2, 0) is 33.4 Å². The Hall–Kier alpha value is -2.65. The van der Waals surface area contributed by atoms with Crippen molar-refractivity contribution in [2.75, 3.05) is 19.7 Å². The van der Waals surface area contributed by atoms with Crippen LogP contribution in [0.25, 0.3) is 0 Å². The van der Waals surface area contributed by atoms with Gasteiger partial charge in [0.05, 0.1) is 0 Å². The monoisotopic (exact) mass is 386 g/mol. The summed E-state index contributed by atoms with van der Waals surface area (Å²) in [6, 6.07) is -0.717. The van der Waals surface area contributed by atoms with Gasteiger partial charge >= 0.3 is 17.9 Å². The zero-order valence-electron chi connectivity index (χ0n) is 15.7. The highest BCUT2D eigenvalue weighted by molar-refractivity contribution is 5.89. The van der Waals surface area contributed by atoms with E-state index in [0.29, 0.717) is 19.4 Å². The molecule has 0 aliphatic carbocycles. The lowest BCUT2D eigenvalue weighted by atomic mass is 10.1. The van der Waals surface area contributed by atoms with Crippen LogP contribution in [0.15, 0.2) is 0 Å². The smallest absolute Gasteiger partial charge is 0.341 e. The molecule has 1 fully saturated rings. The molecule has 2 atom stereocenters. The van der Waals surface area contributed by atoms with Gasteiger partial charge in [-0.25, -0.2) is 9.59 Å². The summed E-state index contributed by atoms with van der Waals surface area (Å²) in [6.45, 7) is 4.17. The fourth-order valence-corrected chi connectivity index (χ4v) is 2.71. The SMILES string of the molecule is CC(=O)N1CCC[C@H]1C(=O)O[C@@H](CC(C)C)C(=O)NCC(=O)OCC(=O)O. The molecule has 0 aromatic carbocycles. The third-order valence-corrected chi connectivity index (χ3v) is 3.93. The van der Waals surface area contributed by atoms with Crippen LogP contribution in [0.2, 0.25) is 0 Å². The van der Waals surface area contributed by atoms with Gasteiger partial charge in [-0.15, -0.1) is 0 Å². The number of hydrogen-bond donors (Lipinski definition) is 2. The largest absolute Gasteiger partial charge is 0.479 e. The number of hydrogen-bond acceptors (Lipinski definition) is 7. The molecular weight excluding hydrogens is 360 g/mol. The van der Waals surface area contributed by atoms with Gasteiger partial charge in [0.1, 0.15) is 12.6 Å². The molecule has 2 amide bonds. The van der Waals surface area contributed by atoms with Crippen molar-refractivity contribution in [2.45, 2.75) is 52.2 Å². The zero-order chi connectivity index (χ0) is 20.6. The molecule has 1 heterocycles. The number of amides is 2. The fourth-order valence-electron chi connectivity index (χ4n) is 2.71. The van der Waals surface area contributed by atoms with E-state index in [9.17, 15) is 24.0 Å². The Morgan fingerprint density at radius 1 is 1.22 bits per heavy atom. The minimum absolute atomic E-state index is 0.0278. The summed E-state index contributed by atoms with van der Waals surface area (Å²) in [6.07, 6.45) is 0.250. The van der Waals surface area contributed by atoms with E-state index in [2.05, 4.69) is 10.1 Å². The second-order valence-corrected chi connectivity index (χ2v) is 6.70. The van der Waals surface area contributed by atoms with Crippen molar-refractivity contribution in [3.8, 4) is 0 Å². The van der Waals surface area contributed by atoms with E-state index in [1.165, 1.54) is 11.8 Å². The van der Waals surface area contributed by atoms with Gasteiger partial charge in [0, 0.05) is 13.5 Å². The standard InChI is InChI=1S/C17H26N2O8/c1-10(2)7-13(16(24)18-8-15(23)26-9-14(21)22)27-17(25)12-5-4-6-19(12)11(3)20/h10,12-13H,4-9H2,1-3H3,(H,18,24)(H,21,22)/t12-,13-/m0/s1. The van der Waals surface area contributed by atoms with Crippen molar-refractivity contribution in [3.05, 3.63) is 0 Å². The van der Waals surface area contributed by atoms with Gasteiger partial charge in [-0.3, -0.25) is 14.4 Å². The van der Waals surface area contributed by atoms with Crippen LogP contribution in [0.3, 0.4) is 0 Å². The zero-order valence-corrected chi connectivity index (χ0v) is 15.7. The summed E-state index contributed by atoms with van der Waals surface area (Å²) in [5.74, 6) is -3.78. The molecule has 0 bridgehead atoms. The molecule has 1 saturated heterocycles. The molecule has 0 aromatic rings. The summed E-state index contributed by atoms with van der Waals surface area (Å²) in [5.41, 5.74) is 0. The average molecular weight is 386 g/mol. The molecule has 1 aliphatic rings. The molecule has 0 saturated carbocycles. The van der Waals surface area contributed by atoms with E-state index in [0.717, 1.165) is 0 Å². The first kappa shape index (κ1) is 22.4. The highest BCUT2D eigenvalue weighted by Crippen LogP contribution is 2.20. The molecule has 10 nitrogen and oxygen atoms in total. The number of nitrogens with zero attached hydrogens (tertiary/aromatic N) is 1.